The lowest BCUT2D eigenvalue weighted by molar-refractivity contribution is -0.143. The monoisotopic (exact) mass is 284 g/mol. The average molecular weight is 284 g/mol. The summed E-state index contributed by atoms with van der Waals surface area (Å²) in [6.45, 7) is 8.87. The first-order valence-electron chi connectivity index (χ1n) is 7.33. The third-order valence-corrected chi connectivity index (χ3v) is 4.17. The molecule has 1 rings (SSSR count). The number of rotatable bonds is 4. The SMILES string of the molecule is CC1CCCCC1N(CCC(N)=S)C(=O)C(C)(C)C. The van der Waals surface area contributed by atoms with Crippen LogP contribution >= 0.6 is 12.2 Å². The van der Waals surface area contributed by atoms with E-state index < -0.39 is 0 Å². The van der Waals surface area contributed by atoms with E-state index in [9.17, 15) is 4.79 Å². The topological polar surface area (TPSA) is 46.3 Å². The summed E-state index contributed by atoms with van der Waals surface area (Å²) < 4.78 is 0. The number of hydrogen-bond acceptors (Lipinski definition) is 2. The van der Waals surface area contributed by atoms with E-state index in [0.29, 0.717) is 29.9 Å². The van der Waals surface area contributed by atoms with Crippen LogP contribution in [0, 0.1) is 11.3 Å². The quantitative estimate of drug-likeness (QED) is 0.807. The third kappa shape index (κ3) is 4.75. The lowest BCUT2D eigenvalue weighted by Crippen LogP contribution is -2.50. The molecule has 2 unspecified atom stereocenters. The van der Waals surface area contributed by atoms with E-state index in [-0.39, 0.29) is 11.3 Å². The van der Waals surface area contributed by atoms with Crippen molar-refractivity contribution >= 4 is 23.1 Å². The van der Waals surface area contributed by atoms with Crippen LogP contribution in [-0.4, -0.2) is 28.4 Å². The van der Waals surface area contributed by atoms with E-state index in [1.54, 1.807) is 0 Å². The Labute approximate surface area is 122 Å². The van der Waals surface area contributed by atoms with Gasteiger partial charge in [0.05, 0.1) is 4.99 Å². The number of hydrogen-bond donors (Lipinski definition) is 1. The van der Waals surface area contributed by atoms with Gasteiger partial charge in [0, 0.05) is 24.4 Å². The van der Waals surface area contributed by atoms with E-state index >= 15 is 0 Å². The Balaban J connectivity index is 2.84. The predicted octanol–water partition coefficient (Wildman–Crippen LogP) is 3.12. The minimum absolute atomic E-state index is 0.225. The molecule has 2 atom stereocenters. The smallest absolute Gasteiger partial charge is 0.228 e. The summed E-state index contributed by atoms with van der Waals surface area (Å²) in [6.07, 6.45) is 5.45. The van der Waals surface area contributed by atoms with Gasteiger partial charge < -0.3 is 10.6 Å². The Kier molecular flexibility index (Phi) is 5.78. The number of nitrogens with two attached hydrogens (primary N) is 1. The molecule has 0 spiro atoms. The van der Waals surface area contributed by atoms with Crippen LogP contribution in [0.3, 0.4) is 0 Å². The maximum atomic E-state index is 12.7. The van der Waals surface area contributed by atoms with Gasteiger partial charge in [-0.15, -0.1) is 0 Å². The molecule has 0 saturated heterocycles. The lowest BCUT2D eigenvalue weighted by atomic mass is 9.83. The molecule has 1 fully saturated rings. The Bertz CT molecular complexity index is 336. The van der Waals surface area contributed by atoms with Crippen molar-refractivity contribution in [3.05, 3.63) is 0 Å². The van der Waals surface area contributed by atoms with Crippen LogP contribution in [0.25, 0.3) is 0 Å². The second kappa shape index (κ2) is 6.69. The minimum Gasteiger partial charge on any atom is -0.393 e. The van der Waals surface area contributed by atoms with Crippen LogP contribution in [0.15, 0.2) is 0 Å². The van der Waals surface area contributed by atoms with Gasteiger partial charge in [-0.1, -0.05) is 52.8 Å². The molecule has 0 aliphatic heterocycles. The van der Waals surface area contributed by atoms with Crippen LogP contribution in [0.5, 0.6) is 0 Å². The summed E-state index contributed by atoms with van der Waals surface area (Å²) in [4.78, 5) is 15.2. The van der Waals surface area contributed by atoms with Crippen molar-refractivity contribution in [2.75, 3.05) is 6.54 Å². The number of carbonyl (C=O) groups excluding carboxylic acids is 1. The minimum atomic E-state index is -0.340. The fourth-order valence-electron chi connectivity index (χ4n) is 2.84. The van der Waals surface area contributed by atoms with Gasteiger partial charge in [0.25, 0.3) is 0 Å². The molecule has 1 aliphatic carbocycles. The summed E-state index contributed by atoms with van der Waals surface area (Å²) in [5, 5.41) is 0. The normalized spacial score (nSPS) is 24.0. The van der Waals surface area contributed by atoms with Crippen molar-refractivity contribution in [2.24, 2.45) is 17.1 Å². The van der Waals surface area contributed by atoms with Crippen molar-refractivity contribution in [1.82, 2.24) is 4.90 Å². The molecule has 2 N–H and O–H groups in total. The van der Waals surface area contributed by atoms with E-state index in [1.807, 2.05) is 25.7 Å². The van der Waals surface area contributed by atoms with Crippen LogP contribution in [0.4, 0.5) is 0 Å². The number of thiocarbonyl (C=S) groups is 1. The standard InChI is InChI=1S/C15H28N2OS/c1-11-7-5-6-8-12(11)17(10-9-13(16)19)14(18)15(2,3)4/h11-12H,5-10H2,1-4H3,(H2,16,19). The molecular weight excluding hydrogens is 256 g/mol. The van der Waals surface area contributed by atoms with E-state index in [0.717, 1.165) is 6.42 Å². The second-order valence-electron chi connectivity index (χ2n) is 6.79. The van der Waals surface area contributed by atoms with Gasteiger partial charge in [-0.3, -0.25) is 4.79 Å². The van der Waals surface area contributed by atoms with Crippen molar-refractivity contribution < 1.29 is 4.79 Å². The first-order valence-corrected chi connectivity index (χ1v) is 7.73. The van der Waals surface area contributed by atoms with Gasteiger partial charge >= 0.3 is 0 Å². The lowest BCUT2D eigenvalue weighted by Gasteiger charge is -2.41. The number of nitrogens with zero attached hydrogens (tertiary/aromatic N) is 1. The van der Waals surface area contributed by atoms with Crippen molar-refractivity contribution in [3.8, 4) is 0 Å². The fraction of sp³-hybridized carbons (Fsp3) is 0.867. The highest BCUT2D eigenvalue weighted by molar-refractivity contribution is 7.80. The molecule has 1 amide bonds. The zero-order valence-corrected chi connectivity index (χ0v) is 13.6. The maximum absolute atomic E-state index is 12.7. The Morgan fingerprint density at radius 1 is 1.32 bits per heavy atom. The molecule has 0 heterocycles. The second-order valence-corrected chi connectivity index (χ2v) is 7.32. The van der Waals surface area contributed by atoms with E-state index in [2.05, 4.69) is 6.92 Å². The van der Waals surface area contributed by atoms with Crippen LogP contribution in [0.1, 0.15) is 59.8 Å². The molecule has 0 radical (unpaired) electrons. The van der Waals surface area contributed by atoms with Gasteiger partial charge in [0.1, 0.15) is 0 Å². The third-order valence-electron chi connectivity index (χ3n) is 3.97. The molecule has 0 aromatic rings. The van der Waals surface area contributed by atoms with E-state index in [4.69, 9.17) is 18.0 Å². The molecule has 4 heteroatoms. The van der Waals surface area contributed by atoms with Crippen LogP contribution in [0.2, 0.25) is 0 Å². The summed E-state index contributed by atoms with van der Waals surface area (Å²) in [5.41, 5.74) is 5.27. The van der Waals surface area contributed by atoms with Gasteiger partial charge in [-0.25, -0.2) is 0 Å². The first-order chi connectivity index (χ1) is 8.73. The maximum Gasteiger partial charge on any atom is 0.228 e. The van der Waals surface area contributed by atoms with Crippen LogP contribution < -0.4 is 5.73 Å². The fourth-order valence-corrected chi connectivity index (χ4v) is 2.93. The summed E-state index contributed by atoms with van der Waals surface area (Å²) >= 11 is 4.96. The molecule has 1 aliphatic rings. The zero-order valence-electron chi connectivity index (χ0n) is 12.7. The van der Waals surface area contributed by atoms with Crippen LogP contribution in [-0.2, 0) is 4.79 Å². The van der Waals surface area contributed by atoms with Gasteiger partial charge in [-0.05, 0) is 18.8 Å². The van der Waals surface area contributed by atoms with E-state index in [1.165, 1.54) is 19.3 Å². The molecule has 1 saturated carbocycles. The molecule has 110 valence electrons. The van der Waals surface area contributed by atoms with Crippen molar-refractivity contribution in [1.29, 1.82) is 0 Å². The molecule has 3 nitrogen and oxygen atoms in total. The summed E-state index contributed by atoms with van der Waals surface area (Å²) in [5.74, 6) is 0.800. The van der Waals surface area contributed by atoms with Gasteiger partial charge in [0.2, 0.25) is 5.91 Å². The summed E-state index contributed by atoms with van der Waals surface area (Å²) in [6, 6.07) is 0.356. The number of amides is 1. The highest BCUT2D eigenvalue weighted by Crippen LogP contribution is 2.31. The molecule has 0 aromatic carbocycles. The zero-order chi connectivity index (χ0) is 14.6. The Hall–Kier alpha value is -0.640. The van der Waals surface area contributed by atoms with Gasteiger partial charge in [0.15, 0.2) is 0 Å². The molecular formula is C15H28N2OS. The highest BCUT2D eigenvalue weighted by atomic mass is 32.1. The highest BCUT2D eigenvalue weighted by Gasteiger charge is 2.35. The molecule has 0 aromatic heterocycles. The number of carbonyl (C=O) groups is 1. The Morgan fingerprint density at radius 2 is 1.89 bits per heavy atom. The predicted molar refractivity (Wildman–Crippen MR) is 84.0 cm³/mol. The largest absolute Gasteiger partial charge is 0.393 e. The van der Waals surface area contributed by atoms with Gasteiger partial charge in [-0.2, -0.15) is 0 Å². The first kappa shape index (κ1) is 16.4. The molecule has 19 heavy (non-hydrogen) atoms. The van der Waals surface area contributed by atoms with Crippen molar-refractivity contribution in [2.45, 2.75) is 65.8 Å². The van der Waals surface area contributed by atoms with Crippen molar-refractivity contribution in [3.63, 3.8) is 0 Å². The average Bonchev–Trinajstić information content (AvgIpc) is 2.29. The Morgan fingerprint density at radius 3 is 2.37 bits per heavy atom. The molecule has 0 bridgehead atoms. The summed E-state index contributed by atoms with van der Waals surface area (Å²) in [7, 11) is 0.